The Kier molecular flexibility index (Phi) is 7.96. The third-order valence-electron chi connectivity index (χ3n) is 4.19. The number of benzene rings is 1. The van der Waals surface area contributed by atoms with Crippen molar-refractivity contribution in [1.29, 1.82) is 0 Å². The number of aromatic nitrogens is 2. The summed E-state index contributed by atoms with van der Waals surface area (Å²) in [6.45, 7) is 6.37. The minimum absolute atomic E-state index is 0. The van der Waals surface area contributed by atoms with E-state index in [2.05, 4.69) is 64.0 Å². The average Bonchev–Trinajstić information content (AvgIpc) is 3.29. The minimum atomic E-state index is 0. The fourth-order valence-electron chi connectivity index (χ4n) is 2.91. The Hall–Kier alpha value is -2.03. The highest BCUT2D eigenvalue weighted by molar-refractivity contribution is 14.0. The molecule has 0 atom stereocenters. The molecule has 0 unspecified atom stereocenters. The SMILES string of the molecule is CCNC(=NCc1ccon1)NCCc1c[nH]c2c(CC)cccc12.I. The Balaban J connectivity index is 0.00000243. The molecule has 0 bridgehead atoms. The van der Waals surface area contributed by atoms with Gasteiger partial charge in [0.15, 0.2) is 5.96 Å². The molecule has 2 aromatic heterocycles. The van der Waals surface area contributed by atoms with Gasteiger partial charge in [-0.1, -0.05) is 30.3 Å². The maximum absolute atomic E-state index is 4.83. The van der Waals surface area contributed by atoms with Crippen molar-refractivity contribution in [3.63, 3.8) is 0 Å². The van der Waals surface area contributed by atoms with Gasteiger partial charge in [0, 0.05) is 36.3 Å². The lowest BCUT2D eigenvalue weighted by Gasteiger charge is -2.10. The third-order valence-corrected chi connectivity index (χ3v) is 4.19. The minimum Gasteiger partial charge on any atom is -0.364 e. The Labute approximate surface area is 170 Å². The summed E-state index contributed by atoms with van der Waals surface area (Å²) in [5.74, 6) is 0.791. The van der Waals surface area contributed by atoms with Crippen LogP contribution < -0.4 is 10.6 Å². The molecule has 3 N–H and O–H groups in total. The number of hydrogen-bond donors (Lipinski definition) is 3. The van der Waals surface area contributed by atoms with Crippen molar-refractivity contribution < 1.29 is 4.52 Å². The molecule has 0 saturated heterocycles. The van der Waals surface area contributed by atoms with E-state index in [1.807, 2.05) is 6.07 Å². The first-order valence-electron chi connectivity index (χ1n) is 8.81. The molecule has 140 valence electrons. The predicted octanol–water partition coefficient (Wildman–Crippen LogP) is 3.63. The molecule has 0 saturated carbocycles. The smallest absolute Gasteiger partial charge is 0.191 e. The topological polar surface area (TPSA) is 78.2 Å². The first-order chi connectivity index (χ1) is 12.3. The summed E-state index contributed by atoms with van der Waals surface area (Å²) in [5, 5.41) is 11.8. The molecule has 0 spiro atoms. The van der Waals surface area contributed by atoms with Gasteiger partial charge in [0.25, 0.3) is 0 Å². The van der Waals surface area contributed by atoms with Gasteiger partial charge < -0.3 is 20.1 Å². The van der Waals surface area contributed by atoms with Gasteiger partial charge in [-0.2, -0.15) is 0 Å². The van der Waals surface area contributed by atoms with Crippen molar-refractivity contribution in [3.05, 3.63) is 53.5 Å². The van der Waals surface area contributed by atoms with Gasteiger partial charge >= 0.3 is 0 Å². The van der Waals surface area contributed by atoms with Gasteiger partial charge in [0.05, 0.1) is 6.54 Å². The monoisotopic (exact) mass is 467 g/mol. The molecule has 26 heavy (non-hydrogen) atoms. The van der Waals surface area contributed by atoms with Crippen LogP contribution in [-0.2, 0) is 19.4 Å². The molecule has 6 nitrogen and oxygen atoms in total. The van der Waals surface area contributed by atoms with E-state index < -0.39 is 0 Å². The zero-order chi connectivity index (χ0) is 17.5. The molecule has 0 aliphatic carbocycles. The normalized spacial score (nSPS) is 11.4. The van der Waals surface area contributed by atoms with Crippen LogP contribution >= 0.6 is 24.0 Å². The number of nitrogens with one attached hydrogen (secondary N) is 3. The fraction of sp³-hybridized carbons (Fsp3) is 0.368. The maximum Gasteiger partial charge on any atom is 0.191 e. The molecule has 0 amide bonds. The average molecular weight is 467 g/mol. The van der Waals surface area contributed by atoms with Crippen molar-refractivity contribution >= 4 is 40.8 Å². The second-order valence-corrected chi connectivity index (χ2v) is 5.87. The first-order valence-corrected chi connectivity index (χ1v) is 8.81. The van der Waals surface area contributed by atoms with Crippen molar-refractivity contribution in [2.45, 2.75) is 33.2 Å². The number of nitrogens with zero attached hydrogens (tertiary/aromatic N) is 2. The molecule has 1 aromatic carbocycles. The first kappa shape index (κ1) is 20.3. The molecule has 0 aliphatic rings. The van der Waals surface area contributed by atoms with Gasteiger partial charge in [0.1, 0.15) is 12.0 Å². The van der Waals surface area contributed by atoms with Crippen LogP contribution in [0.25, 0.3) is 10.9 Å². The molecular weight excluding hydrogens is 441 g/mol. The molecule has 0 fully saturated rings. The quantitative estimate of drug-likeness (QED) is 0.282. The van der Waals surface area contributed by atoms with Crippen LogP contribution in [-0.4, -0.2) is 29.2 Å². The number of aliphatic imine (C=N–C) groups is 1. The maximum atomic E-state index is 4.83. The van der Waals surface area contributed by atoms with Crippen molar-refractivity contribution in [3.8, 4) is 0 Å². The summed E-state index contributed by atoms with van der Waals surface area (Å²) in [5.41, 5.74) is 4.76. The highest BCUT2D eigenvalue weighted by atomic mass is 127. The van der Waals surface area contributed by atoms with Crippen LogP contribution in [0, 0.1) is 0 Å². The van der Waals surface area contributed by atoms with Crippen molar-refractivity contribution in [2.75, 3.05) is 13.1 Å². The molecule has 0 radical (unpaired) electrons. The largest absolute Gasteiger partial charge is 0.364 e. The zero-order valence-electron chi connectivity index (χ0n) is 15.2. The van der Waals surface area contributed by atoms with Crippen LogP contribution in [0.3, 0.4) is 0 Å². The third kappa shape index (κ3) is 5.00. The molecule has 2 heterocycles. The van der Waals surface area contributed by atoms with Crippen LogP contribution in [0.5, 0.6) is 0 Å². The predicted molar refractivity (Wildman–Crippen MR) is 116 cm³/mol. The van der Waals surface area contributed by atoms with Gasteiger partial charge in [-0.15, -0.1) is 24.0 Å². The van der Waals surface area contributed by atoms with E-state index in [1.165, 1.54) is 22.0 Å². The Bertz CT molecular complexity index is 826. The number of aromatic amines is 1. The zero-order valence-corrected chi connectivity index (χ0v) is 17.5. The lowest BCUT2D eigenvalue weighted by Crippen LogP contribution is -2.38. The van der Waals surface area contributed by atoms with Gasteiger partial charge in [-0.3, -0.25) is 0 Å². The lowest BCUT2D eigenvalue weighted by atomic mass is 10.1. The number of aryl methyl sites for hydroxylation is 1. The summed E-state index contributed by atoms with van der Waals surface area (Å²) in [7, 11) is 0. The Morgan fingerprint density at radius 2 is 2.08 bits per heavy atom. The number of H-pyrrole nitrogens is 1. The lowest BCUT2D eigenvalue weighted by molar-refractivity contribution is 0.412. The summed E-state index contributed by atoms with van der Waals surface area (Å²) in [4.78, 5) is 7.95. The van der Waals surface area contributed by atoms with Crippen molar-refractivity contribution in [1.82, 2.24) is 20.8 Å². The summed E-state index contributed by atoms with van der Waals surface area (Å²) < 4.78 is 4.83. The second kappa shape index (κ2) is 10.2. The molecule has 3 rings (SSSR count). The molecular formula is C19H26IN5O. The van der Waals surface area contributed by atoms with Crippen LogP contribution in [0.1, 0.15) is 30.7 Å². The Morgan fingerprint density at radius 1 is 1.19 bits per heavy atom. The standard InChI is InChI=1S/C19H25N5O.HI/c1-3-14-6-5-7-17-15(12-22-18(14)17)8-10-21-19(20-4-2)23-13-16-9-11-25-24-16;/h5-7,9,11-12,22H,3-4,8,10,13H2,1-2H3,(H2,20,21,23);1H. The van der Waals surface area contributed by atoms with E-state index in [1.54, 1.807) is 6.26 Å². The van der Waals surface area contributed by atoms with Gasteiger partial charge in [-0.25, -0.2) is 4.99 Å². The second-order valence-electron chi connectivity index (χ2n) is 5.87. The Morgan fingerprint density at radius 3 is 2.81 bits per heavy atom. The van der Waals surface area contributed by atoms with Crippen LogP contribution in [0.4, 0.5) is 0 Å². The summed E-state index contributed by atoms with van der Waals surface area (Å²) in [6, 6.07) is 8.32. The number of fused-ring (bicyclic) bond motifs is 1. The molecule has 7 heteroatoms. The van der Waals surface area contributed by atoms with E-state index in [4.69, 9.17) is 4.52 Å². The van der Waals surface area contributed by atoms with E-state index in [0.717, 1.165) is 37.6 Å². The van der Waals surface area contributed by atoms with Crippen LogP contribution in [0.15, 0.2) is 46.2 Å². The van der Waals surface area contributed by atoms with Crippen molar-refractivity contribution in [2.24, 2.45) is 4.99 Å². The summed E-state index contributed by atoms with van der Waals surface area (Å²) >= 11 is 0. The van der Waals surface area contributed by atoms with E-state index in [-0.39, 0.29) is 24.0 Å². The number of guanidine groups is 1. The molecule has 3 aromatic rings. The fourth-order valence-corrected chi connectivity index (χ4v) is 2.91. The van der Waals surface area contributed by atoms with E-state index in [9.17, 15) is 0 Å². The number of halogens is 1. The van der Waals surface area contributed by atoms with Crippen LogP contribution in [0.2, 0.25) is 0 Å². The number of para-hydroxylation sites is 1. The highest BCUT2D eigenvalue weighted by Crippen LogP contribution is 2.22. The van der Waals surface area contributed by atoms with E-state index in [0.29, 0.717) is 6.54 Å². The van der Waals surface area contributed by atoms with Gasteiger partial charge in [-0.05, 0) is 30.9 Å². The number of hydrogen-bond acceptors (Lipinski definition) is 3. The highest BCUT2D eigenvalue weighted by Gasteiger charge is 2.07. The molecule has 0 aliphatic heterocycles. The van der Waals surface area contributed by atoms with E-state index >= 15 is 0 Å². The summed E-state index contributed by atoms with van der Waals surface area (Å²) in [6.07, 6.45) is 5.65. The number of rotatable bonds is 7. The van der Waals surface area contributed by atoms with Gasteiger partial charge in [0.2, 0.25) is 0 Å².